The van der Waals surface area contributed by atoms with Crippen molar-refractivity contribution >= 4 is 22.5 Å². The summed E-state index contributed by atoms with van der Waals surface area (Å²) in [5.74, 6) is -0.620. The van der Waals surface area contributed by atoms with Gasteiger partial charge in [-0.3, -0.25) is 19.7 Å². The number of pyridine rings is 4. The molecule has 0 saturated carbocycles. The minimum absolute atomic E-state index is 0.0527. The summed E-state index contributed by atoms with van der Waals surface area (Å²) in [6, 6.07) is 10.4. The van der Waals surface area contributed by atoms with Crippen LogP contribution < -0.4 is 10.5 Å². The Morgan fingerprint density at radius 3 is 2.19 bits per heavy atom. The Hall–Kier alpha value is -4.23. The molecule has 0 bridgehead atoms. The predicted molar refractivity (Wildman–Crippen MR) is 136 cm³/mol. The number of fused-ring (bicyclic) bond motifs is 1. The molecule has 5 rings (SSSR count). The lowest BCUT2D eigenvalue weighted by molar-refractivity contribution is 0.125. The Labute approximate surface area is 212 Å². The Kier molecular flexibility index (Phi) is 6.39. The van der Waals surface area contributed by atoms with Crippen LogP contribution in [0.4, 0.5) is 20.3 Å². The highest BCUT2D eigenvalue weighted by Crippen LogP contribution is 2.35. The lowest BCUT2D eigenvalue weighted by Gasteiger charge is -2.47. The molecule has 0 spiro atoms. The number of halogens is 2. The van der Waals surface area contributed by atoms with Crippen LogP contribution in [0.3, 0.4) is 0 Å². The topological polar surface area (TPSA) is 71.5 Å². The summed E-state index contributed by atoms with van der Waals surface area (Å²) >= 11 is 0. The summed E-state index contributed by atoms with van der Waals surface area (Å²) in [6.45, 7) is 12.6. The molecule has 10 heteroatoms. The third-order valence-corrected chi connectivity index (χ3v) is 6.90. The van der Waals surface area contributed by atoms with Crippen LogP contribution in [0, 0.1) is 18.2 Å². The van der Waals surface area contributed by atoms with E-state index in [9.17, 15) is 13.6 Å². The van der Waals surface area contributed by atoms with E-state index in [0.717, 1.165) is 0 Å². The van der Waals surface area contributed by atoms with Crippen LogP contribution in [0.1, 0.15) is 31.3 Å². The van der Waals surface area contributed by atoms with Gasteiger partial charge in [0.2, 0.25) is 5.52 Å². The van der Waals surface area contributed by atoms with Crippen LogP contribution in [0.2, 0.25) is 0 Å². The third kappa shape index (κ3) is 4.54. The summed E-state index contributed by atoms with van der Waals surface area (Å²) in [6.07, 6.45) is 2.34. The molecule has 0 aromatic carbocycles. The molecule has 4 aromatic rings. The molecule has 8 nitrogen and oxygen atoms in total. The molecule has 188 valence electrons. The minimum atomic E-state index is -0.440. The van der Waals surface area contributed by atoms with Gasteiger partial charge in [0.15, 0.2) is 0 Å². The highest BCUT2D eigenvalue weighted by Gasteiger charge is 2.37. The van der Waals surface area contributed by atoms with Crippen LogP contribution in [0.15, 0.2) is 59.7 Å². The largest absolute Gasteiger partial charge is 0.362 e. The van der Waals surface area contributed by atoms with Gasteiger partial charge in [0.05, 0.1) is 41.0 Å². The molecule has 0 N–H and O–H groups in total. The van der Waals surface area contributed by atoms with Crippen LogP contribution in [-0.2, 0) is 7.05 Å². The highest BCUT2D eigenvalue weighted by molar-refractivity contribution is 5.89. The van der Waals surface area contributed by atoms with E-state index in [1.165, 1.54) is 29.1 Å². The number of aryl methyl sites for hydroxylation is 1. The average molecular weight is 502 g/mol. The second-order valence-corrected chi connectivity index (χ2v) is 9.33. The van der Waals surface area contributed by atoms with E-state index in [1.807, 2.05) is 6.92 Å². The molecule has 1 saturated heterocycles. The number of hydrogen-bond donors (Lipinski definition) is 0. The monoisotopic (exact) mass is 501 g/mol. The Morgan fingerprint density at radius 1 is 0.973 bits per heavy atom. The van der Waals surface area contributed by atoms with Crippen molar-refractivity contribution in [3.63, 3.8) is 0 Å². The number of aromatic nitrogens is 4. The molecular weight excluding hydrogens is 476 g/mol. The van der Waals surface area contributed by atoms with Crippen molar-refractivity contribution < 1.29 is 8.78 Å². The van der Waals surface area contributed by atoms with Gasteiger partial charge in [-0.1, -0.05) is 6.57 Å². The van der Waals surface area contributed by atoms with Gasteiger partial charge in [0, 0.05) is 38.3 Å². The Balaban J connectivity index is 1.55. The molecular formula is C27H25F2N7O. The molecule has 2 atom stereocenters. The SMILES string of the molecule is [C-]#[N+]c1ccc2c(n1)c(N1C[C@@H](C)N(C(c3ccc(F)cn3)c3ccc(F)cn3)C[C@@H]1C)cc(=O)n2C. The third-order valence-electron chi connectivity index (χ3n) is 6.90. The molecule has 0 amide bonds. The number of nitrogens with zero attached hydrogens (tertiary/aromatic N) is 7. The standard InChI is InChI=1S/C27H25F2N7O/c1-16-15-36(27(20-7-5-18(28)12-31-20)21-8-6-19(29)13-32-21)17(2)14-35(16)23-11-25(37)34(4)22-9-10-24(30-3)33-26(22)23/h5-13,16-17,27H,14-15H2,1-2,4H3/t16-,17+/m0/s1. The number of piperazine rings is 1. The molecule has 0 unspecified atom stereocenters. The zero-order chi connectivity index (χ0) is 26.3. The number of rotatable bonds is 4. The summed E-state index contributed by atoms with van der Waals surface area (Å²) in [4.78, 5) is 33.8. The van der Waals surface area contributed by atoms with Crippen molar-refractivity contribution in [2.75, 3.05) is 18.0 Å². The summed E-state index contributed by atoms with van der Waals surface area (Å²) in [5.41, 5.74) is 2.98. The lowest BCUT2D eigenvalue weighted by atomic mass is 9.99. The van der Waals surface area contributed by atoms with Crippen LogP contribution in [0.5, 0.6) is 0 Å². The molecule has 4 aromatic heterocycles. The zero-order valence-corrected chi connectivity index (χ0v) is 20.6. The van der Waals surface area contributed by atoms with Gasteiger partial charge in [-0.15, -0.1) is 4.98 Å². The normalized spacial score (nSPS) is 18.4. The van der Waals surface area contributed by atoms with Crippen molar-refractivity contribution in [1.82, 2.24) is 24.4 Å². The first-order valence-corrected chi connectivity index (χ1v) is 11.9. The van der Waals surface area contributed by atoms with Crippen molar-refractivity contribution in [2.24, 2.45) is 7.05 Å². The lowest BCUT2D eigenvalue weighted by Crippen LogP contribution is -2.57. The first kappa shape index (κ1) is 24.5. The fraction of sp³-hybridized carbons (Fsp3) is 0.296. The second kappa shape index (κ2) is 9.67. The summed E-state index contributed by atoms with van der Waals surface area (Å²) in [5, 5.41) is 0. The van der Waals surface area contributed by atoms with Crippen molar-refractivity contribution in [3.8, 4) is 0 Å². The molecule has 1 fully saturated rings. The summed E-state index contributed by atoms with van der Waals surface area (Å²) in [7, 11) is 1.69. The minimum Gasteiger partial charge on any atom is -0.362 e. The van der Waals surface area contributed by atoms with E-state index in [2.05, 4.69) is 36.5 Å². The Morgan fingerprint density at radius 2 is 1.62 bits per heavy atom. The van der Waals surface area contributed by atoms with Gasteiger partial charge in [-0.05, 0) is 50.2 Å². The molecule has 5 heterocycles. The average Bonchev–Trinajstić information content (AvgIpc) is 2.90. The van der Waals surface area contributed by atoms with E-state index in [4.69, 9.17) is 6.57 Å². The second-order valence-electron chi connectivity index (χ2n) is 9.33. The molecule has 37 heavy (non-hydrogen) atoms. The van der Waals surface area contributed by atoms with Gasteiger partial charge >= 0.3 is 0 Å². The number of anilines is 1. The smallest absolute Gasteiger partial charge is 0.270 e. The molecule has 1 aliphatic heterocycles. The van der Waals surface area contributed by atoms with E-state index in [-0.39, 0.29) is 23.5 Å². The van der Waals surface area contributed by atoms with Crippen molar-refractivity contribution in [3.05, 3.63) is 99.7 Å². The van der Waals surface area contributed by atoms with Gasteiger partial charge in [0.25, 0.3) is 11.4 Å². The maximum absolute atomic E-state index is 13.7. The van der Waals surface area contributed by atoms with E-state index >= 15 is 0 Å². The van der Waals surface area contributed by atoms with E-state index in [1.54, 1.807) is 37.4 Å². The fourth-order valence-electron chi connectivity index (χ4n) is 5.02. The molecule has 0 aliphatic carbocycles. The zero-order valence-electron chi connectivity index (χ0n) is 20.6. The summed E-state index contributed by atoms with van der Waals surface area (Å²) < 4.78 is 28.9. The fourth-order valence-corrected chi connectivity index (χ4v) is 5.02. The van der Waals surface area contributed by atoms with Crippen molar-refractivity contribution in [2.45, 2.75) is 32.0 Å². The van der Waals surface area contributed by atoms with E-state index < -0.39 is 17.7 Å². The van der Waals surface area contributed by atoms with Gasteiger partial charge in [-0.25, -0.2) is 8.78 Å². The van der Waals surface area contributed by atoms with Crippen molar-refractivity contribution in [1.29, 1.82) is 0 Å². The van der Waals surface area contributed by atoms with Gasteiger partial charge in [0.1, 0.15) is 11.6 Å². The highest BCUT2D eigenvalue weighted by atomic mass is 19.1. The molecule has 0 radical (unpaired) electrons. The predicted octanol–water partition coefficient (Wildman–Crippen LogP) is 4.24. The van der Waals surface area contributed by atoms with Crippen LogP contribution >= 0.6 is 0 Å². The first-order chi connectivity index (χ1) is 17.8. The maximum atomic E-state index is 13.7. The quantitative estimate of drug-likeness (QED) is 0.390. The maximum Gasteiger partial charge on any atom is 0.270 e. The van der Waals surface area contributed by atoms with E-state index in [0.29, 0.717) is 41.2 Å². The first-order valence-electron chi connectivity index (χ1n) is 11.9. The van der Waals surface area contributed by atoms with Gasteiger partial charge < -0.3 is 14.3 Å². The molecule has 1 aliphatic rings. The van der Waals surface area contributed by atoms with Crippen LogP contribution in [-0.4, -0.2) is 49.6 Å². The Bertz CT molecular complexity index is 1500. The van der Waals surface area contributed by atoms with Crippen LogP contribution in [0.25, 0.3) is 15.9 Å². The van der Waals surface area contributed by atoms with Gasteiger partial charge in [-0.2, -0.15) is 0 Å². The number of hydrogen-bond acceptors (Lipinski definition) is 6.